The van der Waals surface area contributed by atoms with Crippen molar-refractivity contribution in [2.75, 3.05) is 0 Å². The summed E-state index contributed by atoms with van der Waals surface area (Å²) in [5.74, 6) is 0.488. The number of rotatable bonds is 2. The Morgan fingerprint density at radius 2 is 1.45 bits per heavy atom. The first-order valence-electron chi connectivity index (χ1n) is 7.62. The number of halogens is 6. The van der Waals surface area contributed by atoms with Gasteiger partial charge in [0.05, 0.1) is 5.69 Å². The molecule has 0 amide bonds. The van der Waals surface area contributed by atoms with E-state index in [1.807, 2.05) is 36.4 Å². The number of pyridine rings is 1. The van der Waals surface area contributed by atoms with E-state index in [0.29, 0.717) is 11.5 Å². The third-order valence-corrected chi connectivity index (χ3v) is 9.72. The standard InChI is InChI=1S/C10H8Br3N3O2S.C6H4Br3N/c1-7-14-15-9(19(17,18)10(11,12)13)16(7)8-5-3-2-4-6-8;7-6(8,9)5-3-1-2-4-10-5/h2-6H,1H3;1-4H. The summed E-state index contributed by atoms with van der Waals surface area (Å²) in [4.78, 5) is 4.11. The van der Waals surface area contributed by atoms with Crippen molar-refractivity contribution in [2.24, 2.45) is 0 Å². The summed E-state index contributed by atoms with van der Waals surface area (Å²) in [5, 5.41) is 7.46. The highest BCUT2D eigenvalue weighted by Gasteiger charge is 2.42. The van der Waals surface area contributed by atoms with Crippen LogP contribution in [0.5, 0.6) is 0 Å². The molecule has 13 heteroatoms. The Labute approximate surface area is 219 Å². The average Bonchev–Trinajstić information content (AvgIpc) is 3.04. The molecule has 156 valence electrons. The lowest BCUT2D eigenvalue weighted by molar-refractivity contribution is 0.585. The zero-order valence-electron chi connectivity index (χ0n) is 14.5. The number of benzene rings is 1. The lowest BCUT2D eigenvalue weighted by Crippen LogP contribution is -2.22. The lowest BCUT2D eigenvalue weighted by Gasteiger charge is -2.14. The average molecular weight is 804 g/mol. The van der Waals surface area contributed by atoms with Crippen LogP contribution >= 0.6 is 95.6 Å². The summed E-state index contributed by atoms with van der Waals surface area (Å²) in [6.45, 7) is 1.69. The monoisotopic (exact) mass is 798 g/mol. The molecule has 0 atom stereocenters. The number of hydrogen-bond donors (Lipinski definition) is 0. The third-order valence-electron chi connectivity index (χ3n) is 3.31. The van der Waals surface area contributed by atoms with E-state index in [0.717, 1.165) is 5.69 Å². The van der Waals surface area contributed by atoms with Gasteiger partial charge in [-0.2, -0.15) is 0 Å². The zero-order valence-corrected chi connectivity index (χ0v) is 24.8. The number of sulfone groups is 1. The molecular formula is C16H12Br6N4O2S. The molecule has 0 spiro atoms. The van der Waals surface area contributed by atoms with Crippen molar-refractivity contribution in [1.29, 1.82) is 0 Å². The number of nitrogens with zero attached hydrogens (tertiary/aromatic N) is 4. The number of hydrogen-bond acceptors (Lipinski definition) is 5. The SMILES string of the molecule is BrC(Br)(Br)c1ccccn1.Cc1nnc(S(=O)(=O)C(Br)(Br)Br)n1-c1ccccc1. The van der Waals surface area contributed by atoms with Gasteiger partial charge in [0.1, 0.15) is 5.82 Å². The molecule has 3 rings (SSSR count). The van der Waals surface area contributed by atoms with E-state index < -0.39 is 11.3 Å². The molecule has 29 heavy (non-hydrogen) atoms. The molecular weight excluding hydrogens is 792 g/mol. The third kappa shape index (κ3) is 6.66. The molecule has 0 unspecified atom stereocenters. The van der Waals surface area contributed by atoms with Crippen LogP contribution in [0.2, 0.25) is 0 Å². The molecule has 0 aliphatic carbocycles. The zero-order chi connectivity index (χ0) is 21.9. The summed E-state index contributed by atoms with van der Waals surface area (Å²) in [5.41, 5.74) is 1.58. The van der Waals surface area contributed by atoms with Crippen molar-refractivity contribution in [1.82, 2.24) is 19.7 Å². The molecule has 0 bridgehead atoms. The molecule has 0 saturated heterocycles. The van der Waals surface area contributed by atoms with Crippen molar-refractivity contribution in [3.63, 3.8) is 0 Å². The van der Waals surface area contributed by atoms with Crippen LogP contribution in [0.1, 0.15) is 11.5 Å². The molecule has 0 radical (unpaired) electrons. The second-order valence-corrected chi connectivity index (χ2v) is 22.4. The highest BCUT2D eigenvalue weighted by Crippen LogP contribution is 2.43. The second kappa shape index (κ2) is 10.3. The van der Waals surface area contributed by atoms with E-state index in [9.17, 15) is 8.42 Å². The van der Waals surface area contributed by atoms with E-state index in [-0.39, 0.29) is 7.30 Å². The van der Waals surface area contributed by atoms with E-state index in [4.69, 9.17) is 0 Å². The van der Waals surface area contributed by atoms with Crippen LogP contribution in [0.15, 0.2) is 59.9 Å². The van der Waals surface area contributed by atoms with Gasteiger partial charge < -0.3 is 0 Å². The van der Waals surface area contributed by atoms with Gasteiger partial charge in [-0.15, -0.1) is 10.2 Å². The molecule has 0 saturated carbocycles. The number of para-hydroxylation sites is 1. The van der Waals surface area contributed by atoms with Crippen LogP contribution in [-0.4, -0.2) is 29.6 Å². The van der Waals surface area contributed by atoms with Gasteiger partial charge in [0, 0.05) is 11.9 Å². The molecule has 0 N–H and O–H groups in total. The Morgan fingerprint density at radius 1 is 0.862 bits per heavy atom. The first-order chi connectivity index (χ1) is 13.4. The first kappa shape index (κ1) is 25.6. The minimum absolute atomic E-state index is 0.151. The number of alkyl halides is 6. The van der Waals surface area contributed by atoms with Crippen molar-refractivity contribution >= 4 is 105 Å². The highest BCUT2D eigenvalue weighted by molar-refractivity contribution is 9.42. The van der Waals surface area contributed by atoms with Gasteiger partial charge in [0.15, 0.2) is 2.14 Å². The number of aryl methyl sites for hydroxylation is 1. The Bertz CT molecular complexity index is 1050. The number of aromatic nitrogens is 4. The topological polar surface area (TPSA) is 77.7 Å². The van der Waals surface area contributed by atoms with Crippen molar-refractivity contribution < 1.29 is 8.42 Å². The summed E-state index contributed by atoms with van der Waals surface area (Å²) in [6, 6.07) is 14.8. The Kier molecular flexibility index (Phi) is 9.10. The normalized spacial score (nSPS) is 12.2. The van der Waals surface area contributed by atoms with Crippen molar-refractivity contribution in [3.8, 4) is 5.69 Å². The molecule has 0 aliphatic rings. The van der Waals surface area contributed by atoms with Gasteiger partial charge in [-0.1, -0.05) is 72.1 Å². The molecule has 0 aliphatic heterocycles. The van der Waals surface area contributed by atoms with Gasteiger partial charge in [0.25, 0.3) is 5.16 Å². The van der Waals surface area contributed by atoms with Crippen LogP contribution in [0, 0.1) is 6.92 Å². The van der Waals surface area contributed by atoms with Crippen molar-refractivity contribution in [2.45, 2.75) is 15.7 Å². The Morgan fingerprint density at radius 3 is 1.90 bits per heavy atom. The van der Waals surface area contributed by atoms with Crippen LogP contribution < -0.4 is 0 Å². The predicted octanol–water partition coefficient (Wildman–Crippen LogP) is 6.52. The Balaban J connectivity index is 0.000000253. The van der Waals surface area contributed by atoms with E-state index in [1.165, 1.54) is 4.57 Å². The molecule has 1 aromatic carbocycles. The van der Waals surface area contributed by atoms with Crippen LogP contribution in [0.4, 0.5) is 0 Å². The van der Waals surface area contributed by atoms with E-state index >= 15 is 0 Å². The van der Waals surface area contributed by atoms with Gasteiger partial charge in [-0.05, 0) is 79.0 Å². The van der Waals surface area contributed by atoms with E-state index in [2.05, 4.69) is 111 Å². The summed E-state index contributed by atoms with van der Waals surface area (Å²) >= 11 is 19.1. The van der Waals surface area contributed by atoms with E-state index in [1.54, 1.807) is 25.3 Å². The molecule has 6 nitrogen and oxygen atoms in total. The molecule has 3 aromatic rings. The smallest absolute Gasteiger partial charge is 0.257 e. The quantitative estimate of drug-likeness (QED) is 0.276. The maximum atomic E-state index is 12.4. The largest absolute Gasteiger partial charge is 0.270 e. The highest BCUT2D eigenvalue weighted by atomic mass is 80.0. The fourth-order valence-electron chi connectivity index (χ4n) is 2.03. The Hall–Kier alpha value is 0.340. The van der Waals surface area contributed by atoms with Gasteiger partial charge >= 0.3 is 0 Å². The minimum atomic E-state index is -3.80. The van der Waals surface area contributed by atoms with Gasteiger partial charge in [-0.3, -0.25) is 9.55 Å². The second-order valence-electron chi connectivity index (χ2n) is 5.36. The van der Waals surface area contributed by atoms with Crippen LogP contribution in [-0.2, 0) is 12.0 Å². The first-order valence-corrected chi connectivity index (χ1v) is 13.9. The maximum Gasteiger partial charge on any atom is 0.257 e. The minimum Gasteiger partial charge on any atom is -0.270 e. The molecule has 2 aromatic heterocycles. The molecule has 0 fully saturated rings. The predicted molar refractivity (Wildman–Crippen MR) is 135 cm³/mol. The van der Waals surface area contributed by atoms with Crippen LogP contribution in [0.25, 0.3) is 5.69 Å². The van der Waals surface area contributed by atoms with Crippen molar-refractivity contribution in [3.05, 3.63) is 66.2 Å². The van der Waals surface area contributed by atoms with Gasteiger partial charge in [0.2, 0.25) is 11.3 Å². The maximum absolute atomic E-state index is 12.4. The summed E-state index contributed by atoms with van der Waals surface area (Å²) in [6.07, 6.45) is 1.74. The van der Waals surface area contributed by atoms with Crippen LogP contribution in [0.3, 0.4) is 0 Å². The fraction of sp³-hybridized carbons (Fsp3) is 0.188. The van der Waals surface area contributed by atoms with Gasteiger partial charge in [-0.25, -0.2) is 8.42 Å². The molecule has 2 heterocycles. The summed E-state index contributed by atoms with van der Waals surface area (Å²) < 4.78 is 24.4. The summed E-state index contributed by atoms with van der Waals surface area (Å²) in [7, 11) is -3.80. The fourth-order valence-corrected chi connectivity index (χ4v) is 4.87. The lowest BCUT2D eigenvalue weighted by atomic mass is 10.3.